The average molecular weight is 782 g/mol. The van der Waals surface area contributed by atoms with Gasteiger partial charge in [-0.05, 0) is 70.1 Å². The van der Waals surface area contributed by atoms with Crippen LogP contribution in [0.25, 0.3) is 0 Å². The molecule has 0 saturated carbocycles. The molecule has 0 aromatic carbocycles. The van der Waals surface area contributed by atoms with Crippen LogP contribution in [0.15, 0.2) is 9.98 Å². The number of aliphatic imine (C=N–C) groups is 2. The van der Waals surface area contributed by atoms with Crippen LogP contribution in [0.3, 0.4) is 0 Å². The summed E-state index contributed by atoms with van der Waals surface area (Å²) in [7, 11) is 0. The van der Waals surface area contributed by atoms with Gasteiger partial charge in [-0.3, -0.25) is 38.8 Å². The van der Waals surface area contributed by atoms with Crippen molar-refractivity contribution in [1.29, 1.82) is 0 Å². The monoisotopic (exact) mass is 781 g/mol. The Morgan fingerprint density at radius 2 is 1.27 bits per heavy atom. The van der Waals surface area contributed by atoms with Crippen LogP contribution >= 0.6 is 0 Å². The first-order valence-corrected chi connectivity index (χ1v) is 18.6. The summed E-state index contributed by atoms with van der Waals surface area (Å²) in [6.07, 6.45) is 2.48. The van der Waals surface area contributed by atoms with Crippen molar-refractivity contribution in [1.82, 2.24) is 31.5 Å². The molecule has 1 saturated heterocycles. The minimum absolute atomic E-state index is 0.0291. The molecule has 0 aliphatic carbocycles. The van der Waals surface area contributed by atoms with Crippen LogP contribution in [0.5, 0.6) is 0 Å². The molecule has 0 unspecified atom stereocenters. The van der Waals surface area contributed by atoms with Crippen LogP contribution < -0.4 is 55.3 Å². The number of carboxylic acid groups (broad SMARTS) is 1. The van der Waals surface area contributed by atoms with E-state index in [1.54, 1.807) is 0 Å². The van der Waals surface area contributed by atoms with Crippen LogP contribution in [0, 0.1) is 11.8 Å². The third kappa shape index (κ3) is 18.6. The van der Waals surface area contributed by atoms with Crippen LogP contribution in [-0.4, -0.2) is 126 Å². The molecular weight excluding hydrogens is 718 g/mol. The molecule has 6 amide bonds. The molecule has 0 radical (unpaired) electrons. The number of nitrogens with one attached hydrogen (secondary N) is 5. The zero-order valence-corrected chi connectivity index (χ0v) is 32.6. The molecule has 1 aliphatic heterocycles. The van der Waals surface area contributed by atoms with Gasteiger partial charge in [-0.25, -0.2) is 4.79 Å². The van der Waals surface area contributed by atoms with E-state index in [0.29, 0.717) is 38.8 Å². The minimum Gasteiger partial charge on any atom is -0.480 e. The zero-order valence-electron chi connectivity index (χ0n) is 32.6. The van der Waals surface area contributed by atoms with E-state index in [1.165, 1.54) is 11.8 Å². The van der Waals surface area contributed by atoms with E-state index < -0.39 is 78.3 Å². The first-order chi connectivity index (χ1) is 25.7. The van der Waals surface area contributed by atoms with Crippen LogP contribution in [0.2, 0.25) is 0 Å². The molecule has 1 aliphatic rings. The number of amides is 6. The molecule has 16 N–H and O–H groups in total. The number of carbonyl (C=O) groups is 7. The lowest BCUT2D eigenvalue weighted by molar-refractivity contribution is -0.142. The van der Waals surface area contributed by atoms with Gasteiger partial charge in [0, 0.05) is 19.6 Å². The van der Waals surface area contributed by atoms with Crippen molar-refractivity contribution in [2.45, 2.75) is 122 Å². The highest BCUT2D eigenvalue weighted by molar-refractivity contribution is 5.96. The van der Waals surface area contributed by atoms with Gasteiger partial charge in [0.05, 0.1) is 12.6 Å². The number of guanidine groups is 2. The Hall–Kier alpha value is -5.21. The highest BCUT2D eigenvalue weighted by Crippen LogP contribution is 2.20. The number of carboxylic acids is 1. The first kappa shape index (κ1) is 47.8. The van der Waals surface area contributed by atoms with Gasteiger partial charge in [0.1, 0.15) is 30.2 Å². The number of hydrogen-bond acceptors (Lipinski definition) is 10. The second-order valence-corrected chi connectivity index (χ2v) is 14.5. The van der Waals surface area contributed by atoms with Crippen molar-refractivity contribution in [3.05, 3.63) is 0 Å². The highest BCUT2D eigenvalue weighted by atomic mass is 16.4. The smallest absolute Gasteiger partial charge is 0.326 e. The number of likely N-dealkylation sites (tertiary alicyclic amines) is 1. The zero-order chi connectivity index (χ0) is 41.8. The van der Waals surface area contributed by atoms with Crippen LogP contribution in [0.1, 0.15) is 86.0 Å². The fourth-order valence-electron chi connectivity index (χ4n) is 5.81. The predicted molar refractivity (Wildman–Crippen MR) is 205 cm³/mol. The molecule has 55 heavy (non-hydrogen) atoms. The molecule has 1 rings (SSSR count). The summed E-state index contributed by atoms with van der Waals surface area (Å²) in [4.78, 5) is 99.6. The van der Waals surface area contributed by atoms with E-state index in [4.69, 9.17) is 28.7 Å². The Kier molecular flexibility index (Phi) is 21.1. The number of nitrogens with zero attached hydrogens (tertiary/aromatic N) is 3. The van der Waals surface area contributed by atoms with Gasteiger partial charge in [0.2, 0.25) is 35.4 Å². The Balaban J connectivity index is 2.84. The van der Waals surface area contributed by atoms with E-state index in [9.17, 15) is 38.7 Å². The maximum Gasteiger partial charge on any atom is 0.326 e. The molecule has 0 aromatic rings. The third-order valence-electron chi connectivity index (χ3n) is 8.56. The maximum absolute atomic E-state index is 13.4. The average Bonchev–Trinajstić information content (AvgIpc) is 3.58. The van der Waals surface area contributed by atoms with Crippen LogP contribution in [-0.2, 0) is 33.6 Å². The Morgan fingerprint density at radius 3 is 1.80 bits per heavy atom. The molecule has 1 heterocycles. The topological polar surface area (TPSA) is 358 Å². The lowest BCUT2D eigenvalue weighted by Crippen LogP contribution is -2.57. The summed E-state index contributed by atoms with van der Waals surface area (Å²) in [5.74, 6) is -5.26. The van der Waals surface area contributed by atoms with Crippen molar-refractivity contribution in [2.24, 2.45) is 50.5 Å². The van der Waals surface area contributed by atoms with E-state index >= 15 is 0 Å². The fraction of sp³-hybridized carbons (Fsp3) is 0.735. The quantitative estimate of drug-likeness (QED) is 0.0260. The second kappa shape index (κ2) is 24.2. The standard InChI is InChI=1S/C34H63N13O8/c1-18(2)15-23(46-30(52)25-11-8-14-47(25)31(53)21(35)9-6-12-40-33(36)37)28(50)42-17-26(48)44-24(16-19(3)4)29(51)43-20(5)27(49)45-22(32(54)55)10-7-13-41-34(38)39/h18-25H,6-17,35H2,1-5H3,(H,42,50)(H,43,51)(H,44,48)(H,45,49)(H,46,52)(H,54,55)(H4,36,37,40)(H4,38,39,41)/t20-,21-,22-,23-,24-,25-/m0/s1. The molecule has 21 heteroatoms. The largest absolute Gasteiger partial charge is 0.480 e. The van der Waals surface area contributed by atoms with Gasteiger partial charge in [0.15, 0.2) is 11.9 Å². The Labute approximate surface area is 322 Å². The van der Waals surface area contributed by atoms with Crippen molar-refractivity contribution in [3.63, 3.8) is 0 Å². The first-order valence-electron chi connectivity index (χ1n) is 18.6. The van der Waals surface area contributed by atoms with Crippen LogP contribution in [0.4, 0.5) is 0 Å². The molecule has 0 spiro atoms. The summed E-state index contributed by atoms with van der Waals surface area (Å²) >= 11 is 0. The number of rotatable bonds is 24. The maximum atomic E-state index is 13.4. The fourth-order valence-corrected chi connectivity index (χ4v) is 5.81. The lowest BCUT2D eigenvalue weighted by atomic mass is 10.0. The molecule has 0 aromatic heterocycles. The van der Waals surface area contributed by atoms with Crippen molar-refractivity contribution < 1.29 is 38.7 Å². The summed E-state index contributed by atoms with van der Waals surface area (Å²) in [6, 6.07) is -6.22. The molecule has 1 fully saturated rings. The van der Waals surface area contributed by atoms with Crippen molar-refractivity contribution in [3.8, 4) is 0 Å². The number of carbonyl (C=O) groups excluding carboxylic acids is 6. The summed E-state index contributed by atoms with van der Waals surface area (Å²) in [6.45, 7) is 9.02. The molecule has 21 nitrogen and oxygen atoms in total. The number of aliphatic carboxylic acids is 1. The Bertz CT molecular complexity index is 1380. The number of hydrogen-bond donors (Lipinski definition) is 11. The van der Waals surface area contributed by atoms with Gasteiger partial charge >= 0.3 is 5.97 Å². The van der Waals surface area contributed by atoms with E-state index in [-0.39, 0.29) is 61.9 Å². The SMILES string of the molecule is CC(C)C[C@H](NC(=O)CNC(=O)[C@H](CC(C)C)NC(=O)[C@@H]1CCCN1C(=O)[C@@H](N)CCCN=C(N)N)C(=O)N[C@@H](C)C(=O)N[C@@H](CCCN=C(N)N)C(=O)O. The normalized spacial score (nSPS) is 16.5. The highest BCUT2D eigenvalue weighted by Gasteiger charge is 2.38. The van der Waals surface area contributed by atoms with Gasteiger partial charge in [-0.2, -0.15) is 0 Å². The third-order valence-corrected chi connectivity index (χ3v) is 8.56. The molecule has 312 valence electrons. The minimum atomic E-state index is -1.28. The van der Waals surface area contributed by atoms with Gasteiger partial charge in [0.25, 0.3) is 0 Å². The predicted octanol–water partition coefficient (Wildman–Crippen LogP) is -3.34. The summed E-state index contributed by atoms with van der Waals surface area (Å²) in [5.41, 5.74) is 27.3. The Morgan fingerprint density at radius 1 is 0.727 bits per heavy atom. The summed E-state index contributed by atoms with van der Waals surface area (Å²) in [5, 5.41) is 22.2. The molecule has 6 atom stereocenters. The molecular formula is C34H63N13O8. The lowest BCUT2D eigenvalue weighted by Gasteiger charge is -2.28. The van der Waals surface area contributed by atoms with Gasteiger partial charge in [-0.1, -0.05) is 27.7 Å². The van der Waals surface area contributed by atoms with E-state index in [0.717, 1.165) is 0 Å². The van der Waals surface area contributed by atoms with Gasteiger partial charge < -0.3 is 65.3 Å². The van der Waals surface area contributed by atoms with Crippen molar-refractivity contribution >= 4 is 53.3 Å². The second-order valence-electron chi connectivity index (χ2n) is 14.5. The number of nitrogens with two attached hydrogens (primary N) is 5. The van der Waals surface area contributed by atoms with E-state index in [2.05, 4.69) is 36.6 Å². The van der Waals surface area contributed by atoms with Gasteiger partial charge in [-0.15, -0.1) is 0 Å². The van der Waals surface area contributed by atoms with E-state index in [1.807, 2.05) is 27.7 Å². The van der Waals surface area contributed by atoms with Crippen molar-refractivity contribution in [2.75, 3.05) is 26.2 Å². The molecule has 0 bridgehead atoms. The summed E-state index contributed by atoms with van der Waals surface area (Å²) < 4.78 is 0.